The molecule has 32 heavy (non-hydrogen) atoms. The number of anilines is 1. The lowest BCUT2D eigenvalue weighted by Crippen LogP contribution is -2.20. The number of hydrazone groups is 1. The molecule has 0 atom stereocenters. The second-order valence-electron chi connectivity index (χ2n) is 6.92. The summed E-state index contributed by atoms with van der Waals surface area (Å²) in [7, 11) is 0. The van der Waals surface area contributed by atoms with Crippen LogP contribution in [0, 0.1) is 6.92 Å². The number of aryl methyl sites for hydroxylation is 1. The number of carbonyl (C=O) groups excluding carboxylic acids is 2. The lowest BCUT2D eigenvalue weighted by molar-refractivity contribution is -0.124. The van der Waals surface area contributed by atoms with Crippen LogP contribution in [0.2, 0.25) is 5.02 Å². The van der Waals surface area contributed by atoms with Gasteiger partial charge in [-0.15, -0.1) is 0 Å². The molecule has 172 valence electrons. The largest absolute Gasteiger partial charge is 0.490 e. The molecule has 0 radical (unpaired) electrons. The highest BCUT2D eigenvalue weighted by Crippen LogP contribution is 2.36. The Labute approximate surface area is 201 Å². The van der Waals surface area contributed by atoms with Gasteiger partial charge >= 0.3 is 0 Å². The highest BCUT2D eigenvalue weighted by atomic mass is 79.9. The van der Waals surface area contributed by atoms with E-state index in [0.717, 1.165) is 22.0 Å². The summed E-state index contributed by atoms with van der Waals surface area (Å²) >= 11 is 9.54. The second-order valence-corrected chi connectivity index (χ2v) is 8.18. The van der Waals surface area contributed by atoms with Gasteiger partial charge in [-0.2, -0.15) is 5.10 Å². The molecule has 0 aliphatic carbocycles. The molecule has 2 aromatic carbocycles. The number of nitrogens with one attached hydrogen (secondary N) is 2. The van der Waals surface area contributed by atoms with Crippen LogP contribution in [0.15, 0.2) is 39.9 Å². The summed E-state index contributed by atoms with van der Waals surface area (Å²) in [4.78, 5) is 24.1. The fraction of sp³-hybridized carbons (Fsp3) is 0.348. The maximum absolute atomic E-state index is 12.0. The first-order valence-electron chi connectivity index (χ1n) is 10.3. The average molecular weight is 525 g/mol. The third-order valence-corrected chi connectivity index (χ3v) is 5.22. The molecule has 0 bridgehead atoms. The van der Waals surface area contributed by atoms with Crippen LogP contribution in [0.3, 0.4) is 0 Å². The van der Waals surface area contributed by atoms with Gasteiger partial charge in [-0.05, 0) is 71.6 Å². The van der Waals surface area contributed by atoms with Crippen molar-refractivity contribution >= 4 is 51.2 Å². The predicted octanol–water partition coefficient (Wildman–Crippen LogP) is 5.47. The third kappa shape index (κ3) is 8.16. The average Bonchev–Trinajstić information content (AvgIpc) is 2.74. The number of ether oxygens (including phenoxy) is 2. The van der Waals surface area contributed by atoms with Crippen LogP contribution >= 0.6 is 27.5 Å². The van der Waals surface area contributed by atoms with Crippen LogP contribution < -0.4 is 20.2 Å². The number of halogens is 2. The molecule has 2 N–H and O–H groups in total. The quantitative estimate of drug-likeness (QED) is 0.301. The van der Waals surface area contributed by atoms with Crippen molar-refractivity contribution in [3.8, 4) is 11.5 Å². The molecule has 0 unspecified atom stereocenters. The zero-order valence-corrected chi connectivity index (χ0v) is 20.7. The molecule has 0 saturated heterocycles. The van der Waals surface area contributed by atoms with Gasteiger partial charge in [0.25, 0.3) is 0 Å². The molecular weight excluding hydrogens is 498 g/mol. The minimum atomic E-state index is -0.370. The lowest BCUT2D eigenvalue weighted by atomic mass is 10.2. The smallest absolute Gasteiger partial charge is 0.240 e. The predicted molar refractivity (Wildman–Crippen MR) is 131 cm³/mol. The minimum absolute atomic E-state index is 0.000449. The summed E-state index contributed by atoms with van der Waals surface area (Å²) in [6.07, 6.45) is 2.41. The van der Waals surface area contributed by atoms with E-state index >= 15 is 0 Å². The maximum atomic E-state index is 12.0. The molecule has 2 rings (SSSR count). The van der Waals surface area contributed by atoms with E-state index in [0.29, 0.717) is 35.4 Å². The van der Waals surface area contributed by atoms with Gasteiger partial charge in [0.1, 0.15) is 0 Å². The zero-order valence-electron chi connectivity index (χ0n) is 18.3. The van der Waals surface area contributed by atoms with E-state index in [9.17, 15) is 9.59 Å². The Morgan fingerprint density at radius 3 is 2.56 bits per heavy atom. The molecule has 0 heterocycles. The van der Waals surface area contributed by atoms with Crippen molar-refractivity contribution in [2.24, 2.45) is 5.10 Å². The highest BCUT2D eigenvalue weighted by molar-refractivity contribution is 9.10. The highest BCUT2D eigenvalue weighted by Gasteiger charge is 2.12. The first kappa shape index (κ1) is 25.7. The fourth-order valence-electron chi connectivity index (χ4n) is 2.63. The molecule has 0 fully saturated rings. The van der Waals surface area contributed by atoms with Gasteiger partial charge in [0.05, 0.1) is 23.9 Å². The van der Waals surface area contributed by atoms with Crippen LogP contribution in [-0.2, 0) is 9.59 Å². The van der Waals surface area contributed by atoms with Crippen molar-refractivity contribution < 1.29 is 19.1 Å². The second kappa shape index (κ2) is 13.1. The summed E-state index contributed by atoms with van der Waals surface area (Å²) < 4.78 is 12.1. The molecule has 2 amide bonds. The van der Waals surface area contributed by atoms with Crippen LogP contribution in [-0.4, -0.2) is 31.2 Å². The van der Waals surface area contributed by atoms with Crippen LogP contribution in [0.5, 0.6) is 11.5 Å². The summed E-state index contributed by atoms with van der Waals surface area (Å²) in [5.41, 5.74) is 4.66. The van der Waals surface area contributed by atoms with Crippen molar-refractivity contribution in [3.63, 3.8) is 0 Å². The topological polar surface area (TPSA) is 89.0 Å². The summed E-state index contributed by atoms with van der Waals surface area (Å²) in [6.45, 7) is 6.86. The van der Waals surface area contributed by atoms with E-state index < -0.39 is 0 Å². The first-order valence-corrected chi connectivity index (χ1v) is 11.5. The van der Waals surface area contributed by atoms with E-state index in [1.165, 1.54) is 6.21 Å². The normalized spacial score (nSPS) is 10.8. The third-order valence-electron chi connectivity index (χ3n) is 4.22. The molecule has 0 spiro atoms. The molecular formula is C23H27BrClN3O4. The van der Waals surface area contributed by atoms with Gasteiger partial charge in [-0.3, -0.25) is 9.59 Å². The monoisotopic (exact) mass is 523 g/mol. The maximum Gasteiger partial charge on any atom is 0.240 e. The summed E-state index contributed by atoms with van der Waals surface area (Å²) in [5, 5.41) is 7.26. The van der Waals surface area contributed by atoms with Gasteiger partial charge in [0.15, 0.2) is 11.5 Å². The molecule has 0 aromatic heterocycles. The standard InChI is InChI=1S/C23H27BrClN3O4/c1-4-10-32-23-18(24)11-16(12-20(23)31-5-2)14-26-28-22(30)9-8-21(29)27-17-7-6-15(3)19(25)13-17/h6-7,11-14H,4-5,8-10H2,1-3H3,(H,27,29)(H,28,30). The Hall–Kier alpha value is -2.58. The van der Waals surface area contributed by atoms with Crippen molar-refractivity contribution in [1.29, 1.82) is 0 Å². The lowest BCUT2D eigenvalue weighted by Gasteiger charge is -2.14. The van der Waals surface area contributed by atoms with Gasteiger partial charge < -0.3 is 14.8 Å². The van der Waals surface area contributed by atoms with Gasteiger partial charge in [0, 0.05) is 23.6 Å². The molecule has 0 aliphatic heterocycles. The molecule has 0 saturated carbocycles. The number of rotatable bonds is 11. The van der Waals surface area contributed by atoms with E-state index in [2.05, 4.69) is 31.8 Å². The molecule has 9 heteroatoms. The van der Waals surface area contributed by atoms with Gasteiger partial charge in [-0.1, -0.05) is 24.6 Å². The number of nitrogens with zero attached hydrogens (tertiary/aromatic N) is 1. The Morgan fingerprint density at radius 1 is 1.12 bits per heavy atom. The molecule has 7 nitrogen and oxygen atoms in total. The number of benzene rings is 2. The summed E-state index contributed by atoms with van der Waals surface area (Å²) in [5.74, 6) is 0.578. The van der Waals surface area contributed by atoms with E-state index in [1.54, 1.807) is 18.2 Å². The Morgan fingerprint density at radius 2 is 1.88 bits per heavy atom. The molecule has 0 aliphatic rings. The van der Waals surface area contributed by atoms with Crippen LogP contribution in [0.1, 0.15) is 44.2 Å². The number of amides is 2. The SMILES string of the molecule is CCCOc1c(Br)cc(C=NNC(=O)CCC(=O)Nc2ccc(C)c(Cl)c2)cc1OCC. The van der Waals surface area contributed by atoms with E-state index in [1.807, 2.05) is 32.9 Å². The fourth-order valence-corrected chi connectivity index (χ4v) is 3.38. The van der Waals surface area contributed by atoms with E-state index in [4.69, 9.17) is 21.1 Å². The number of hydrogen-bond acceptors (Lipinski definition) is 5. The minimum Gasteiger partial charge on any atom is -0.490 e. The van der Waals surface area contributed by atoms with Gasteiger partial charge in [-0.25, -0.2) is 5.43 Å². The van der Waals surface area contributed by atoms with Crippen LogP contribution in [0.25, 0.3) is 0 Å². The first-order chi connectivity index (χ1) is 15.3. The van der Waals surface area contributed by atoms with Crippen molar-refractivity contribution in [2.75, 3.05) is 18.5 Å². The Balaban J connectivity index is 1.88. The van der Waals surface area contributed by atoms with Crippen molar-refractivity contribution in [1.82, 2.24) is 5.43 Å². The Kier molecular flexibility index (Phi) is 10.5. The number of carbonyl (C=O) groups is 2. The van der Waals surface area contributed by atoms with Gasteiger partial charge in [0.2, 0.25) is 11.8 Å². The summed E-state index contributed by atoms with van der Waals surface area (Å²) in [6, 6.07) is 8.86. The van der Waals surface area contributed by atoms with Crippen LogP contribution in [0.4, 0.5) is 5.69 Å². The number of hydrogen-bond donors (Lipinski definition) is 2. The van der Waals surface area contributed by atoms with E-state index in [-0.39, 0.29) is 24.7 Å². The zero-order chi connectivity index (χ0) is 23.5. The Bertz CT molecular complexity index is 982. The molecule has 2 aromatic rings. The van der Waals surface area contributed by atoms with Crippen molar-refractivity contribution in [2.45, 2.75) is 40.0 Å². The van der Waals surface area contributed by atoms with Crippen molar-refractivity contribution in [3.05, 3.63) is 51.0 Å².